The molecule has 1 heterocycles. The maximum absolute atomic E-state index is 11.9. The number of benzene rings is 1. The highest BCUT2D eigenvalue weighted by Crippen LogP contribution is 2.18. The van der Waals surface area contributed by atoms with Crippen LogP contribution in [0.1, 0.15) is 30.3 Å². The van der Waals surface area contributed by atoms with Gasteiger partial charge in [-0.15, -0.1) is 0 Å². The van der Waals surface area contributed by atoms with Crippen LogP contribution in [0.5, 0.6) is 5.75 Å². The normalized spacial score (nSPS) is 11.1. The summed E-state index contributed by atoms with van der Waals surface area (Å²) in [5.74, 6) is -0.126. The fourth-order valence-electron chi connectivity index (χ4n) is 2.72. The van der Waals surface area contributed by atoms with Gasteiger partial charge >= 0.3 is 0 Å². The zero-order valence-corrected chi connectivity index (χ0v) is 13.5. The Bertz CT molecular complexity index is 677. The van der Waals surface area contributed by atoms with Crippen LogP contribution in [0.2, 0.25) is 0 Å². The van der Waals surface area contributed by atoms with Crippen LogP contribution in [0.4, 0.5) is 0 Å². The molecule has 2 aromatic rings. The molecule has 2 rings (SSSR count). The van der Waals surface area contributed by atoms with Crippen molar-refractivity contribution in [1.82, 2.24) is 9.47 Å². The Balaban J connectivity index is 2.26. The molecule has 0 radical (unpaired) electrons. The molecule has 0 aliphatic carbocycles. The highest BCUT2D eigenvalue weighted by molar-refractivity contribution is 5.30. The summed E-state index contributed by atoms with van der Waals surface area (Å²) in [6, 6.07) is 11.7. The number of rotatable bonds is 6. The van der Waals surface area contributed by atoms with E-state index in [2.05, 4.69) is 24.0 Å². The summed E-state index contributed by atoms with van der Waals surface area (Å²) >= 11 is 0. The molecular formula is C18H24N2O2. The predicted octanol–water partition coefficient (Wildman–Crippen LogP) is 2.90. The number of nitrogens with zero attached hydrogens (tertiary/aromatic N) is 2. The van der Waals surface area contributed by atoms with Gasteiger partial charge in [0.2, 0.25) is 5.43 Å². The second kappa shape index (κ2) is 7.27. The Morgan fingerprint density at radius 1 is 1.18 bits per heavy atom. The molecular weight excluding hydrogens is 276 g/mol. The molecule has 0 saturated heterocycles. The van der Waals surface area contributed by atoms with Gasteiger partial charge in [0.25, 0.3) is 0 Å². The molecule has 0 aliphatic rings. The Kier molecular flexibility index (Phi) is 5.39. The molecule has 4 heteroatoms. The van der Waals surface area contributed by atoms with Crippen LogP contribution >= 0.6 is 0 Å². The van der Waals surface area contributed by atoms with Crippen molar-refractivity contribution in [3.05, 3.63) is 63.6 Å². The SMILES string of the molecule is CCCn1c(C)cc(=O)c(O)c1CN(C)Cc1ccccc1. The highest BCUT2D eigenvalue weighted by atomic mass is 16.3. The molecule has 4 nitrogen and oxygen atoms in total. The minimum absolute atomic E-state index is 0.126. The largest absolute Gasteiger partial charge is 0.503 e. The Hall–Kier alpha value is -2.07. The molecule has 0 amide bonds. The molecule has 1 N–H and O–H groups in total. The lowest BCUT2D eigenvalue weighted by atomic mass is 10.2. The van der Waals surface area contributed by atoms with Gasteiger partial charge in [-0.3, -0.25) is 9.69 Å². The van der Waals surface area contributed by atoms with Crippen LogP contribution < -0.4 is 5.43 Å². The highest BCUT2D eigenvalue weighted by Gasteiger charge is 2.14. The first kappa shape index (κ1) is 16.3. The van der Waals surface area contributed by atoms with Gasteiger partial charge in [0.05, 0.1) is 5.69 Å². The van der Waals surface area contributed by atoms with Gasteiger partial charge in [-0.05, 0) is 26.0 Å². The lowest BCUT2D eigenvalue weighted by Crippen LogP contribution is -2.24. The zero-order valence-electron chi connectivity index (χ0n) is 13.5. The van der Waals surface area contributed by atoms with Crippen LogP contribution in [0.15, 0.2) is 41.2 Å². The van der Waals surface area contributed by atoms with Crippen molar-refractivity contribution in [3.8, 4) is 5.75 Å². The molecule has 0 unspecified atom stereocenters. The Morgan fingerprint density at radius 2 is 1.86 bits per heavy atom. The van der Waals surface area contributed by atoms with Gasteiger partial charge in [-0.1, -0.05) is 37.3 Å². The molecule has 0 atom stereocenters. The lowest BCUT2D eigenvalue weighted by molar-refractivity contribution is 0.298. The van der Waals surface area contributed by atoms with Crippen molar-refractivity contribution in [2.45, 2.75) is 39.9 Å². The van der Waals surface area contributed by atoms with Gasteiger partial charge in [-0.25, -0.2) is 0 Å². The van der Waals surface area contributed by atoms with E-state index in [0.29, 0.717) is 12.2 Å². The molecule has 0 saturated carbocycles. The van der Waals surface area contributed by atoms with Gasteiger partial charge in [-0.2, -0.15) is 0 Å². The number of pyridine rings is 1. The third kappa shape index (κ3) is 3.77. The second-order valence-corrected chi connectivity index (χ2v) is 5.75. The van der Waals surface area contributed by atoms with E-state index < -0.39 is 0 Å². The van der Waals surface area contributed by atoms with E-state index in [9.17, 15) is 9.90 Å². The van der Waals surface area contributed by atoms with Crippen LogP contribution in [0.25, 0.3) is 0 Å². The first-order chi connectivity index (χ1) is 10.5. The quantitative estimate of drug-likeness (QED) is 0.892. The van der Waals surface area contributed by atoms with E-state index in [1.165, 1.54) is 11.6 Å². The van der Waals surface area contributed by atoms with Crippen molar-refractivity contribution in [3.63, 3.8) is 0 Å². The van der Waals surface area contributed by atoms with Crippen molar-refractivity contribution in [1.29, 1.82) is 0 Å². The minimum atomic E-state index is -0.298. The Morgan fingerprint density at radius 3 is 2.50 bits per heavy atom. The fraction of sp³-hybridized carbons (Fsp3) is 0.389. The van der Waals surface area contributed by atoms with E-state index in [1.54, 1.807) is 0 Å². The van der Waals surface area contributed by atoms with Gasteiger partial charge in [0, 0.05) is 31.4 Å². The summed E-state index contributed by atoms with van der Waals surface area (Å²) in [5.41, 5.74) is 2.51. The zero-order chi connectivity index (χ0) is 16.1. The second-order valence-electron chi connectivity index (χ2n) is 5.75. The molecule has 1 aromatic heterocycles. The number of aromatic hydroxyl groups is 1. The van der Waals surface area contributed by atoms with Crippen LogP contribution in [0.3, 0.4) is 0 Å². The number of hydrogen-bond donors (Lipinski definition) is 1. The number of aryl methyl sites for hydroxylation is 1. The summed E-state index contributed by atoms with van der Waals surface area (Å²) in [6.45, 7) is 6.11. The smallest absolute Gasteiger partial charge is 0.223 e. The maximum atomic E-state index is 11.9. The number of hydrogen-bond acceptors (Lipinski definition) is 3. The first-order valence-corrected chi connectivity index (χ1v) is 7.67. The predicted molar refractivity (Wildman–Crippen MR) is 89.0 cm³/mol. The maximum Gasteiger partial charge on any atom is 0.223 e. The summed E-state index contributed by atoms with van der Waals surface area (Å²) < 4.78 is 2.04. The van der Waals surface area contributed by atoms with Crippen molar-refractivity contribution < 1.29 is 5.11 Å². The average Bonchev–Trinajstić information content (AvgIpc) is 2.49. The molecule has 0 fully saturated rings. The molecule has 118 valence electrons. The topological polar surface area (TPSA) is 45.5 Å². The van der Waals surface area contributed by atoms with Gasteiger partial charge in [0.1, 0.15) is 0 Å². The van der Waals surface area contributed by atoms with E-state index in [4.69, 9.17) is 0 Å². The third-order valence-electron chi connectivity index (χ3n) is 3.76. The van der Waals surface area contributed by atoms with E-state index >= 15 is 0 Å². The van der Waals surface area contributed by atoms with E-state index in [0.717, 1.165) is 25.2 Å². The first-order valence-electron chi connectivity index (χ1n) is 7.67. The van der Waals surface area contributed by atoms with Gasteiger partial charge in [0.15, 0.2) is 5.75 Å². The Labute approximate surface area is 131 Å². The van der Waals surface area contributed by atoms with Crippen molar-refractivity contribution in [2.24, 2.45) is 0 Å². The van der Waals surface area contributed by atoms with E-state index in [1.807, 2.05) is 36.7 Å². The monoisotopic (exact) mass is 300 g/mol. The summed E-state index contributed by atoms with van der Waals surface area (Å²) in [7, 11) is 2.00. The van der Waals surface area contributed by atoms with Crippen LogP contribution in [-0.4, -0.2) is 21.6 Å². The van der Waals surface area contributed by atoms with Crippen molar-refractivity contribution in [2.75, 3.05) is 7.05 Å². The number of aromatic nitrogens is 1. The summed E-state index contributed by atoms with van der Waals surface area (Å²) in [5, 5.41) is 10.2. The third-order valence-corrected chi connectivity index (χ3v) is 3.76. The van der Waals surface area contributed by atoms with Crippen LogP contribution in [-0.2, 0) is 19.6 Å². The summed E-state index contributed by atoms with van der Waals surface area (Å²) in [6.07, 6.45) is 0.957. The molecule has 22 heavy (non-hydrogen) atoms. The minimum Gasteiger partial charge on any atom is -0.503 e. The lowest BCUT2D eigenvalue weighted by Gasteiger charge is -2.22. The van der Waals surface area contributed by atoms with Crippen molar-refractivity contribution >= 4 is 0 Å². The van der Waals surface area contributed by atoms with Gasteiger partial charge < -0.3 is 9.67 Å². The molecule has 0 spiro atoms. The summed E-state index contributed by atoms with van der Waals surface area (Å²) in [4.78, 5) is 14.0. The van der Waals surface area contributed by atoms with E-state index in [-0.39, 0.29) is 11.2 Å². The molecule has 1 aromatic carbocycles. The standard InChI is InChI=1S/C18H24N2O2/c1-4-10-20-14(2)11-17(21)18(22)16(20)13-19(3)12-15-8-6-5-7-9-15/h5-9,11,22H,4,10,12-13H2,1-3H3. The fourth-order valence-corrected chi connectivity index (χ4v) is 2.72. The molecule has 0 bridgehead atoms. The van der Waals surface area contributed by atoms with Crippen LogP contribution in [0, 0.1) is 6.92 Å². The molecule has 0 aliphatic heterocycles. The average molecular weight is 300 g/mol.